The third kappa shape index (κ3) is 9.21. The van der Waals surface area contributed by atoms with E-state index in [4.69, 9.17) is 19.9 Å². The molecule has 2 aromatic rings. The zero-order valence-electron chi connectivity index (χ0n) is 22.8. The normalized spacial score (nSPS) is 23.4. The van der Waals surface area contributed by atoms with Crippen molar-refractivity contribution in [1.82, 2.24) is 25.6 Å². The molecule has 0 spiro atoms. The van der Waals surface area contributed by atoms with Gasteiger partial charge in [-0.15, -0.1) is 5.10 Å². The minimum Gasteiger partial charge on any atom is -0.497 e. The summed E-state index contributed by atoms with van der Waals surface area (Å²) in [5.41, 5.74) is 6.79. The molecular formula is C26H40N6O8. The number of nitrogens with one attached hydrogen (secondary N) is 2. The number of carbonyl (C=O) groups is 2. The van der Waals surface area contributed by atoms with E-state index in [1.807, 2.05) is 24.3 Å². The summed E-state index contributed by atoms with van der Waals surface area (Å²) in [6, 6.07) is 6.19. The highest BCUT2D eigenvalue weighted by molar-refractivity contribution is 5.75. The Hall–Kier alpha value is -3.14. The Labute approximate surface area is 232 Å². The van der Waals surface area contributed by atoms with Crippen LogP contribution in [0.25, 0.3) is 11.3 Å². The number of carbonyl (C=O) groups excluding carboxylic acids is 2. The van der Waals surface area contributed by atoms with Crippen LogP contribution in [0.2, 0.25) is 0 Å². The highest BCUT2D eigenvalue weighted by atomic mass is 16.7. The fourth-order valence-corrected chi connectivity index (χ4v) is 4.29. The SMILES string of the molecule is COc1cccc(-c2cn(CC3OC(OCC(O)CNC(=O)CCCCCN)C(NC(C)=O)C(O)C3O)nn2)c1. The second kappa shape index (κ2) is 15.6. The summed E-state index contributed by atoms with van der Waals surface area (Å²) < 4.78 is 18.3. The average molecular weight is 565 g/mol. The van der Waals surface area contributed by atoms with Gasteiger partial charge in [0.2, 0.25) is 11.8 Å². The summed E-state index contributed by atoms with van der Waals surface area (Å²) in [6.07, 6.45) is -1.66. The first-order valence-electron chi connectivity index (χ1n) is 13.3. The van der Waals surface area contributed by atoms with E-state index in [1.54, 1.807) is 13.3 Å². The van der Waals surface area contributed by atoms with Gasteiger partial charge in [0.15, 0.2) is 6.29 Å². The lowest BCUT2D eigenvalue weighted by Gasteiger charge is -2.42. The van der Waals surface area contributed by atoms with E-state index in [0.717, 1.165) is 18.4 Å². The first-order chi connectivity index (χ1) is 19.2. The molecule has 1 aromatic heterocycles. The number of hydrogen-bond donors (Lipinski definition) is 6. The van der Waals surface area contributed by atoms with Gasteiger partial charge >= 0.3 is 0 Å². The van der Waals surface area contributed by atoms with Crippen molar-refractivity contribution in [1.29, 1.82) is 0 Å². The number of hydrogen-bond acceptors (Lipinski definition) is 11. The van der Waals surface area contributed by atoms with E-state index in [0.29, 0.717) is 30.8 Å². The monoisotopic (exact) mass is 564 g/mol. The quantitative estimate of drug-likeness (QED) is 0.144. The number of rotatable bonds is 15. The highest BCUT2D eigenvalue weighted by Gasteiger charge is 2.46. The molecule has 1 saturated heterocycles. The third-order valence-corrected chi connectivity index (χ3v) is 6.44. The molecule has 0 saturated carbocycles. The number of nitrogens with two attached hydrogens (primary N) is 1. The first-order valence-corrected chi connectivity index (χ1v) is 13.3. The van der Waals surface area contributed by atoms with Crippen molar-refractivity contribution in [3.63, 3.8) is 0 Å². The standard InChI is InChI=1S/C26H40N6O8/c1-16(33)29-23-25(37)24(36)21(14-32-13-20(30-31-32)17-7-6-8-19(11-17)38-2)40-26(23)39-15-18(34)12-28-22(35)9-4-3-5-10-27/h6-8,11,13,18,21,23-26,34,36-37H,3-5,9-10,12,14-15,27H2,1-2H3,(H,28,35)(H,29,33). The van der Waals surface area contributed by atoms with E-state index >= 15 is 0 Å². The first kappa shape index (κ1) is 31.4. The summed E-state index contributed by atoms with van der Waals surface area (Å²) in [6.45, 7) is 1.55. The van der Waals surface area contributed by atoms with Gasteiger partial charge in [-0.3, -0.25) is 9.59 Å². The van der Waals surface area contributed by atoms with Crippen LogP contribution in [-0.4, -0.2) is 106 Å². The topological polar surface area (TPSA) is 203 Å². The molecule has 1 fully saturated rings. The Bertz CT molecular complexity index is 1080. The maximum absolute atomic E-state index is 12.0. The van der Waals surface area contributed by atoms with E-state index in [1.165, 1.54) is 11.6 Å². The minimum absolute atomic E-state index is 0.0185. The summed E-state index contributed by atoms with van der Waals surface area (Å²) in [7, 11) is 1.57. The molecule has 40 heavy (non-hydrogen) atoms. The van der Waals surface area contributed by atoms with Crippen molar-refractivity contribution in [2.75, 3.05) is 26.8 Å². The van der Waals surface area contributed by atoms with Gasteiger partial charge in [0.05, 0.1) is 32.6 Å². The summed E-state index contributed by atoms with van der Waals surface area (Å²) in [5, 5.41) is 45.3. The number of unbranched alkanes of at least 4 members (excludes halogenated alkanes) is 2. The van der Waals surface area contributed by atoms with Crippen LogP contribution in [0.5, 0.6) is 5.75 Å². The van der Waals surface area contributed by atoms with E-state index in [2.05, 4.69) is 20.9 Å². The molecular weight excluding hydrogens is 524 g/mol. The van der Waals surface area contributed by atoms with Gasteiger partial charge in [0.1, 0.15) is 35.8 Å². The Morgan fingerprint density at radius 1 is 1.23 bits per heavy atom. The number of aromatic nitrogens is 3. The molecule has 14 nitrogen and oxygen atoms in total. The second-order valence-electron chi connectivity index (χ2n) is 9.70. The van der Waals surface area contributed by atoms with Crippen molar-refractivity contribution in [2.45, 2.75) is 75.9 Å². The van der Waals surface area contributed by atoms with Crippen molar-refractivity contribution in [2.24, 2.45) is 5.73 Å². The molecule has 2 amide bonds. The maximum Gasteiger partial charge on any atom is 0.220 e. The zero-order valence-corrected chi connectivity index (χ0v) is 22.8. The Morgan fingerprint density at radius 3 is 2.75 bits per heavy atom. The molecule has 222 valence electrons. The summed E-state index contributed by atoms with van der Waals surface area (Å²) in [4.78, 5) is 23.7. The highest BCUT2D eigenvalue weighted by Crippen LogP contribution is 2.25. The summed E-state index contributed by atoms with van der Waals surface area (Å²) >= 11 is 0. The van der Waals surface area contributed by atoms with Crippen LogP contribution in [0, 0.1) is 0 Å². The Morgan fingerprint density at radius 2 is 2.02 bits per heavy atom. The molecule has 14 heteroatoms. The average Bonchev–Trinajstić information content (AvgIpc) is 3.41. The lowest BCUT2D eigenvalue weighted by molar-refractivity contribution is -0.271. The molecule has 0 bridgehead atoms. The maximum atomic E-state index is 12.0. The zero-order chi connectivity index (χ0) is 29.1. The molecule has 1 aliphatic heterocycles. The predicted molar refractivity (Wildman–Crippen MR) is 143 cm³/mol. The van der Waals surface area contributed by atoms with Gasteiger partial charge in [-0.2, -0.15) is 0 Å². The van der Waals surface area contributed by atoms with Crippen LogP contribution < -0.4 is 21.1 Å². The van der Waals surface area contributed by atoms with Crippen LogP contribution in [-0.2, 0) is 25.6 Å². The molecule has 1 aliphatic rings. The van der Waals surface area contributed by atoms with Crippen LogP contribution >= 0.6 is 0 Å². The van der Waals surface area contributed by atoms with Gasteiger partial charge in [-0.05, 0) is 31.5 Å². The number of methoxy groups -OCH3 is 1. The van der Waals surface area contributed by atoms with Crippen molar-refractivity contribution in [3.05, 3.63) is 30.5 Å². The van der Waals surface area contributed by atoms with Crippen LogP contribution in [0.15, 0.2) is 30.5 Å². The summed E-state index contributed by atoms with van der Waals surface area (Å²) in [5.74, 6) is 0.00361. The van der Waals surface area contributed by atoms with E-state index in [9.17, 15) is 24.9 Å². The molecule has 6 atom stereocenters. The smallest absolute Gasteiger partial charge is 0.220 e. The number of amides is 2. The third-order valence-electron chi connectivity index (χ3n) is 6.44. The Kier molecular flexibility index (Phi) is 12.2. The number of nitrogens with zero attached hydrogens (tertiary/aromatic N) is 3. The van der Waals surface area contributed by atoms with Gasteiger partial charge in [-0.25, -0.2) is 4.68 Å². The fourth-order valence-electron chi connectivity index (χ4n) is 4.29. The van der Waals surface area contributed by atoms with Crippen LogP contribution in [0.4, 0.5) is 0 Å². The van der Waals surface area contributed by atoms with Gasteiger partial charge < -0.3 is 45.9 Å². The molecule has 0 aliphatic carbocycles. The van der Waals surface area contributed by atoms with Crippen LogP contribution in [0.1, 0.15) is 32.6 Å². The van der Waals surface area contributed by atoms with Crippen LogP contribution in [0.3, 0.4) is 0 Å². The number of aliphatic hydroxyl groups excluding tert-OH is 3. The molecule has 0 radical (unpaired) electrons. The molecule has 7 N–H and O–H groups in total. The molecule has 2 heterocycles. The van der Waals surface area contributed by atoms with Gasteiger partial charge in [0.25, 0.3) is 0 Å². The largest absolute Gasteiger partial charge is 0.497 e. The van der Waals surface area contributed by atoms with E-state index < -0.39 is 42.7 Å². The van der Waals surface area contributed by atoms with Crippen molar-refractivity contribution < 1.29 is 39.1 Å². The number of aliphatic hydroxyl groups is 3. The predicted octanol–water partition coefficient (Wildman–Crippen LogP) is -1.08. The lowest BCUT2D eigenvalue weighted by atomic mass is 9.96. The molecule has 3 rings (SSSR count). The van der Waals surface area contributed by atoms with Gasteiger partial charge in [0, 0.05) is 25.5 Å². The second-order valence-corrected chi connectivity index (χ2v) is 9.70. The lowest BCUT2D eigenvalue weighted by Crippen LogP contribution is -2.64. The number of benzene rings is 1. The fraction of sp³-hybridized carbons (Fsp3) is 0.615. The molecule has 1 aromatic carbocycles. The van der Waals surface area contributed by atoms with Crippen molar-refractivity contribution >= 4 is 11.8 Å². The molecule has 6 unspecified atom stereocenters. The number of ether oxygens (including phenoxy) is 3. The van der Waals surface area contributed by atoms with Gasteiger partial charge in [-0.1, -0.05) is 23.8 Å². The van der Waals surface area contributed by atoms with E-state index in [-0.39, 0.29) is 25.6 Å². The van der Waals surface area contributed by atoms with Crippen molar-refractivity contribution in [3.8, 4) is 17.0 Å². The Balaban J connectivity index is 1.60. The minimum atomic E-state index is -1.43.